The molecule has 0 radical (unpaired) electrons. The predicted octanol–water partition coefficient (Wildman–Crippen LogP) is 1.38. The van der Waals surface area contributed by atoms with Crippen molar-refractivity contribution in [3.05, 3.63) is 5.82 Å². The molecule has 2 rings (SSSR count). The molecule has 118 valence electrons. The fourth-order valence-electron chi connectivity index (χ4n) is 2.68. The Labute approximate surface area is 125 Å². The lowest BCUT2D eigenvalue weighted by Gasteiger charge is -2.35. The summed E-state index contributed by atoms with van der Waals surface area (Å²) in [6.45, 7) is 7.21. The number of hydrogen-bond acceptors (Lipinski definition) is 4. The third-order valence-corrected chi connectivity index (χ3v) is 4.19. The average Bonchev–Trinajstić information content (AvgIpc) is 2.76. The molecule has 7 nitrogen and oxygen atoms in total. The smallest absolute Gasteiger partial charge is 0.324 e. The minimum Gasteiger partial charge on any atom is -0.393 e. The van der Waals surface area contributed by atoms with Gasteiger partial charge in [0, 0.05) is 20.1 Å². The maximum absolute atomic E-state index is 12.2. The summed E-state index contributed by atoms with van der Waals surface area (Å²) in [4.78, 5) is 18.1. The normalized spacial score (nSPS) is 18.1. The van der Waals surface area contributed by atoms with Crippen LogP contribution in [0.4, 0.5) is 10.7 Å². The van der Waals surface area contributed by atoms with Gasteiger partial charge in [-0.2, -0.15) is 4.98 Å². The van der Waals surface area contributed by atoms with E-state index in [1.807, 2.05) is 20.8 Å². The first-order valence-corrected chi connectivity index (χ1v) is 7.50. The van der Waals surface area contributed by atoms with Gasteiger partial charge in [-0.15, -0.1) is 5.10 Å². The maximum Gasteiger partial charge on any atom is 0.324 e. The van der Waals surface area contributed by atoms with Gasteiger partial charge in [0.15, 0.2) is 0 Å². The van der Waals surface area contributed by atoms with Crippen LogP contribution in [0.5, 0.6) is 0 Å². The molecule has 2 heterocycles. The SMILES string of the molecule is Cc1nc(NC(=O)N2CCC([C@@H](O)C(C)C)CC2)nn1C. The van der Waals surface area contributed by atoms with Crippen molar-refractivity contribution in [3.63, 3.8) is 0 Å². The summed E-state index contributed by atoms with van der Waals surface area (Å²) >= 11 is 0. The third-order valence-electron chi connectivity index (χ3n) is 4.19. The van der Waals surface area contributed by atoms with Gasteiger partial charge in [0.2, 0.25) is 5.95 Å². The number of amides is 2. The number of aliphatic hydroxyl groups is 1. The summed E-state index contributed by atoms with van der Waals surface area (Å²) in [5, 5.41) is 16.9. The molecule has 0 spiro atoms. The van der Waals surface area contributed by atoms with Crippen molar-refractivity contribution in [2.24, 2.45) is 18.9 Å². The molecular weight excluding hydrogens is 270 g/mol. The van der Waals surface area contributed by atoms with Crippen LogP contribution in [0.2, 0.25) is 0 Å². The summed E-state index contributed by atoms with van der Waals surface area (Å²) < 4.78 is 1.63. The molecule has 0 aliphatic carbocycles. The second-order valence-electron chi connectivity index (χ2n) is 6.10. The molecule has 0 saturated carbocycles. The van der Waals surface area contributed by atoms with E-state index in [1.54, 1.807) is 16.6 Å². The van der Waals surface area contributed by atoms with Gasteiger partial charge >= 0.3 is 6.03 Å². The highest BCUT2D eigenvalue weighted by Gasteiger charge is 2.29. The largest absolute Gasteiger partial charge is 0.393 e. The van der Waals surface area contributed by atoms with Crippen LogP contribution in [0.1, 0.15) is 32.5 Å². The minimum atomic E-state index is -0.282. The first-order chi connectivity index (χ1) is 9.88. The van der Waals surface area contributed by atoms with Gasteiger partial charge in [0.1, 0.15) is 5.82 Å². The van der Waals surface area contributed by atoms with Gasteiger partial charge in [-0.3, -0.25) is 10.00 Å². The lowest BCUT2D eigenvalue weighted by Crippen LogP contribution is -2.44. The number of aryl methyl sites for hydroxylation is 2. The van der Waals surface area contributed by atoms with Crippen LogP contribution in [-0.4, -0.2) is 50.0 Å². The number of nitrogens with zero attached hydrogens (tertiary/aromatic N) is 4. The van der Waals surface area contributed by atoms with Gasteiger partial charge < -0.3 is 10.0 Å². The minimum absolute atomic E-state index is 0.168. The maximum atomic E-state index is 12.2. The molecule has 0 bridgehead atoms. The number of urea groups is 1. The van der Waals surface area contributed by atoms with Gasteiger partial charge in [0.25, 0.3) is 0 Å². The van der Waals surface area contributed by atoms with Gasteiger partial charge in [-0.1, -0.05) is 13.8 Å². The highest BCUT2D eigenvalue weighted by atomic mass is 16.3. The lowest BCUT2D eigenvalue weighted by atomic mass is 9.86. The Morgan fingerprint density at radius 1 is 1.38 bits per heavy atom. The summed E-state index contributed by atoms with van der Waals surface area (Å²) in [6.07, 6.45) is 1.39. The molecule has 21 heavy (non-hydrogen) atoms. The third kappa shape index (κ3) is 3.72. The zero-order valence-corrected chi connectivity index (χ0v) is 13.2. The number of carbonyl (C=O) groups is 1. The Morgan fingerprint density at radius 3 is 2.48 bits per heavy atom. The van der Waals surface area contributed by atoms with Crippen molar-refractivity contribution < 1.29 is 9.90 Å². The summed E-state index contributed by atoms with van der Waals surface area (Å²) in [5.74, 6) is 1.63. The monoisotopic (exact) mass is 295 g/mol. The molecule has 1 atom stereocenters. The van der Waals surface area contributed by atoms with Crippen molar-refractivity contribution in [3.8, 4) is 0 Å². The number of hydrogen-bond donors (Lipinski definition) is 2. The fourth-order valence-corrected chi connectivity index (χ4v) is 2.68. The number of piperidine rings is 1. The molecule has 1 aromatic heterocycles. The zero-order valence-electron chi connectivity index (χ0n) is 13.2. The second-order valence-corrected chi connectivity index (χ2v) is 6.10. The number of aromatic nitrogens is 3. The zero-order chi connectivity index (χ0) is 15.6. The average molecular weight is 295 g/mol. The van der Waals surface area contributed by atoms with E-state index >= 15 is 0 Å². The van der Waals surface area contributed by atoms with Crippen LogP contribution < -0.4 is 5.32 Å². The van der Waals surface area contributed by atoms with E-state index in [4.69, 9.17) is 0 Å². The highest BCUT2D eigenvalue weighted by molar-refractivity contribution is 5.87. The van der Waals surface area contributed by atoms with Crippen LogP contribution in [0, 0.1) is 18.8 Å². The van der Waals surface area contributed by atoms with Gasteiger partial charge in [0.05, 0.1) is 6.10 Å². The number of rotatable bonds is 3. The van der Waals surface area contributed by atoms with E-state index < -0.39 is 0 Å². The second kappa shape index (κ2) is 6.43. The van der Waals surface area contributed by atoms with Crippen LogP contribution >= 0.6 is 0 Å². The molecule has 0 unspecified atom stereocenters. The van der Waals surface area contributed by atoms with E-state index in [9.17, 15) is 9.90 Å². The van der Waals surface area contributed by atoms with E-state index in [1.165, 1.54) is 0 Å². The predicted molar refractivity (Wildman–Crippen MR) is 79.9 cm³/mol. The Hall–Kier alpha value is -1.63. The number of carbonyl (C=O) groups excluding carboxylic acids is 1. The Balaban J connectivity index is 1.86. The Kier molecular flexibility index (Phi) is 4.82. The summed E-state index contributed by atoms with van der Waals surface area (Å²) in [7, 11) is 1.79. The van der Waals surface area contributed by atoms with Crippen molar-refractivity contribution in [1.82, 2.24) is 19.7 Å². The molecule has 1 aromatic rings. The van der Waals surface area contributed by atoms with Gasteiger partial charge in [-0.25, -0.2) is 4.79 Å². The molecule has 2 N–H and O–H groups in total. The molecule has 7 heteroatoms. The molecule has 0 aromatic carbocycles. The Morgan fingerprint density at radius 2 is 2.00 bits per heavy atom. The molecular formula is C14H25N5O2. The molecule has 1 saturated heterocycles. The van der Waals surface area contributed by atoms with E-state index in [-0.39, 0.29) is 24.0 Å². The quantitative estimate of drug-likeness (QED) is 0.882. The number of anilines is 1. The molecule has 1 aliphatic rings. The number of likely N-dealkylation sites (tertiary alicyclic amines) is 1. The van der Waals surface area contributed by atoms with E-state index in [0.717, 1.165) is 18.7 Å². The summed E-state index contributed by atoms with van der Waals surface area (Å²) in [6, 6.07) is -0.168. The summed E-state index contributed by atoms with van der Waals surface area (Å²) in [5.41, 5.74) is 0. The topological polar surface area (TPSA) is 83.3 Å². The van der Waals surface area contributed by atoms with Gasteiger partial charge in [-0.05, 0) is 31.6 Å². The molecule has 1 fully saturated rings. The number of aliphatic hydroxyl groups excluding tert-OH is 1. The van der Waals surface area contributed by atoms with Crippen molar-refractivity contribution >= 4 is 12.0 Å². The van der Waals surface area contributed by atoms with Crippen LogP contribution in [0.3, 0.4) is 0 Å². The van der Waals surface area contributed by atoms with E-state index in [0.29, 0.717) is 19.0 Å². The van der Waals surface area contributed by atoms with Crippen LogP contribution in [-0.2, 0) is 7.05 Å². The lowest BCUT2D eigenvalue weighted by molar-refractivity contribution is 0.0355. The van der Waals surface area contributed by atoms with E-state index in [2.05, 4.69) is 15.4 Å². The highest BCUT2D eigenvalue weighted by Crippen LogP contribution is 2.24. The van der Waals surface area contributed by atoms with Crippen molar-refractivity contribution in [2.75, 3.05) is 18.4 Å². The molecule has 2 amide bonds. The standard InChI is InChI=1S/C14H25N5O2/c1-9(2)12(20)11-5-7-19(8-6-11)14(21)16-13-15-10(3)18(4)17-13/h9,11-12,20H,5-8H2,1-4H3,(H,16,17,21)/t12-/m0/s1. The fraction of sp³-hybridized carbons (Fsp3) is 0.786. The Bertz CT molecular complexity index is 472. The van der Waals surface area contributed by atoms with Crippen LogP contribution in [0.15, 0.2) is 0 Å². The van der Waals surface area contributed by atoms with Crippen molar-refractivity contribution in [1.29, 1.82) is 0 Å². The first kappa shape index (κ1) is 15.8. The van der Waals surface area contributed by atoms with Crippen molar-refractivity contribution in [2.45, 2.75) is 39.7 Å². The van der Waals surface area contributed by atoms with Crippen LogP contribution in [0.25, 0.3) is 0 Å². The molecule has 1 aliphatic heterocycles. The number of nitrogens with one attached hydrogen (secondary N) is 1. The first-order valence-electron chi connectivity index (χ1n) is 7.50.